The van der Waals surface area contributed by atoms with Crippen LogP contribution in [-0.4, -0.2) is 43.6 Å². The van der Waals surface area contributed by atoms with Crippen LogP contribution in [0.25, 0.3) is 0 Å². The number of nitrogens with two attached hydrogens (primary N) is 1. The van der Waals surface area contributed by atoms with E-state index in [0.29, 0.717) is 12.4 Å². The minimum Gasteiger partial charge on any atom is -0.337 e. The Hall–Kier alpha value is -1.46. The Kier molecular flexibility index (Phi) is 3.85. The molecule has 0 atom stereocenters. The van der Waals surface area contributed by atoms with E-state index in [9.17, 15) is 4.79 Å². The van der Waals surface area contributed by atoms with Crippen molar-refractivity contribution in [2.75, 3.05) is 38.0 Å². The first kappa shape index (κ1) is 11.0. The Morgan fingerprint density at radius 1 is 1.44 bits per heavy atom. The largest absolute Gasteiger partial charge is 0.337 e. The number of amides is 1. The molecule has 1 aliphatic heterocycles. The number of carbonyl (C=O) groups excluding carboxylic acids is 1. The summed E-state index contributed by atoms with van der Waals surface area (Å²) in [5, 5.41) is 5.10. The Balaban J connectivity index is 1.80. The molecule has 1 aliphatic rings. The predicted octanol–water partition coefficient (Wildman–Crippen LogP) is -2.52. The third kappa shape index (κ3) is 3.29. The molecule has 5 nitrogen and oxygen atoms in total. The number of hydrogen-bond acceptors (Lipinski definition) is 2. The van der Waals surface area contributed by atoms with E-state index in [1.807, 2.05) is 12.1 Å². The van der Waals surface area contributed by atoms with E-state index in [1.165, 1.54) is 4.90 Å². The lowest BCUT2D eigenvalue weighted by atomic mass is 10.3. The monoisotopic (exact) mass is 222 g/mol. The fraction of sp³-hybridized carbons (Fsp3) is 0.455. The standard InChI is InChI=1S/C11H16N4O/c16-11(9-15-7-5-12-6-8-15)14-10-3-1-2-4-13-10/h1-4,12H,5-9H2,(H,13,14,16)/p+2. The molecule has 5 heteroatoms. The maximum Gasteiger partial charge on any atom is 0.280 e. The summed E-state index contributed by atoms with van der Waals surface area (Å²) in [5.41, 5.74) is 0. The molecule has 1 aromatic heterocycles. The van der Waals surface area contributed by atoms with E-state index in [2.05, 4.69) is 15.6 Å². The van der Waals surface area contributed by atoms with Crippen molar-refractivity contribution in [1.82, 2.24) is 4.98 Å². The van der Waals surface area contributed by atoms with Crippen LogP contribution in [0.5, 0.6) is 0 Å². The van der Waals surface area contributed by atoms with Gasteiger partial charge in [-0.15, -0.1) is 0 Å². The SMILES string of the molecule is O=C(C[NH+]1CC[NH2+]CC1)Nc1ccccn1. The van der Waals surface area contributed by atoms with Crippen LogP contribution in [0.4, 0.5) is 5.82 Å². The Bertz CT molecular complexity index is 335. The summed E-state index contributed by atoms with van der Waals surface area (Å²) >= 11 is 0. The normalized spacial score (nSPS) is 17.0. The summed E-state index contributed by atoms with van der Waals surface area (Å²) < 4.78 is 0. The Labute approximate surface area is 94.9 Å². The number of rotatable bonds is 3. The highest BCUT2D eigenvalue weighted by atomic mass is 16.2. The first-order valence-corrected chi connectivity index (χ1v) is 5.71. The Morgan fingerprint density at radius 3 is 2.94 bits per heavy atom. The van der Waals surface area contributed by atoms with E-state index in [4.69, 9.17) is 0 Å². The summed E-state index contributed by atoms with van der Waals surface area (Å²) in [6.45, 7) is 4.91. The molecule has 1 saturated heterocycles. The zero-order valence-electron chi connectivity index (χ0n) is 9.28. The average molecular weight is 222 g/mol. The second-order valence-corrected chi connectivity index (χ2v) is 4.06. The number of nitrogens with zero attached hydrogens (tertiary/aromatic N) is 1. The van der Waals surface area contributed by atoms with E-state index in [-0.39, 0.29) is 5.91 Å². The molecule has 0 aliphatic carbocycles. The lowest BCUT2D eigenvalue weighted by Crippen LogP contribution is -3.21. The topological polar surface area (TPSA) is 63.0 Å². The molecule has 1 fully saturated rings. The van der Waals surface area contributed by atoms with Crippen LogP contribution in [0.2, 0.25) is 0 Å². The van der Waals surface area contributed by atoms with Crippen LogP contribution in [0.15, 0.2) is 24.4 Å². The number of nitrogens with one attached hydrogen (secondary N) is 2. The number of aromatic nitrogens is 1. The van der Waals surface area contributed by atoms with Gasteiger partial charge in [-0.3, -0.25) is 4.79 Å². The molecule has 0 saturated carbocycles. The van der Waals surface area contributed by atoms with Crippen LogP contribution in [0.1, 0.15) is 0 Å². The summed E-state index contributed by atoms with van der Waals surface area (Å²) in [7, 11) is 0. The van der Waals surface area contributed by atoms with Crippen LogP contribution >= 0.6 is 0 Å². The van der Waals surface area contributed by atoms with Crippen LogP contribution in [0.3, 0.4) is 0 Å². The van der Waals surface area contributed by atoms with Crippen LogP contribution in [-0.2, 0) is 4.79 Å². The maximum absolute atomic E-state index is 11.7. The van der Waals surface area contributed by atoms with Gasteiger partial charge in [0, 0.05) is 6.20 Å². The molecule has 0 radical (unpaired) electrons. The highest BCUT2D eigenvalue weighted by molar-refractivity contribution is 5.90. The minimum atomic E-state index is 0.0515. The van der Waals surface area contributed by atoms with Gasteiger partial charge in [0.1, 0.15) is 32.0 Å². The molecule has 4 N–H and O–H groups in total. The van der Waals surface area contributed by atoms with Crippen LogP contribution in [0, 0.1) is 0 Å². The summed E-state index contributed by atoms with van der Waals surface area (Å²) in [6, 6.07) is 5.50. The van der Waals surface area contributed by atoms with Crippen molar-refractivity contribution in [3.05, 3.63) is 24.4 Å². The molecule has 0 spiro atoms. The summed E-state index contributed by atoms with van der Waals surface area (Å²) in [6.07, 6.45) is 1.68. The highest BCUT2D eigenvalue weighted by Crippen LogP contribution is 1.98. The zero-order valence-corrected chi connectivity index (χ0v) is 9.28. The van der Waals surface area contributed by atoms with Gasteiger partial charge in [-0.2, -0.15) is 0 Å². The lowest BCUT2D eigenvalue weighted by molar-refractivity contribution is -0.940. The highest BCUT2D eigenvalue weighted by Gasteiger charge is 2.18. The molecule has 86 valence electrons. The number of hydrogen-bond donors (Lipinski definition) is 3. The van der Waals surface area contributed by atoms with Crippen molar-refractivity contribution in [2.45, 2.75) is 0 Å². The van der Waals surface area contributed by atoms with Crippen molar-refractivity contribution >= 4 is 11.7 Å². The number of quaternary nitrogens is 2. The van der Waals surface area contributed by atoms with Gasteiger partial charge < -0.3 is 15.5 Å². The molecule has 0 aromatic carbocycles. The quantitative estimate of drug-likeness (QED) is 0.529. The van der Waals surface area contributed by atoms with Gasteiger partial charge >= 0.3 is 0 Å². The van der Waals surface area contributed by atoms with Gasteiger partial charge in [0.15, 0.2) is 6.54 Å². The van der Waals surface area contributed by atoms with Crippen molar-refractivity contribution in [1.29, 1.82) is 0 Å². The summed E-state index contributed by atoms with van der Waals surface area (Å²) in [5.74, 6) is 0.686. The van der Waals surface area contributed by atoms with Gasteiger partial charge in [-0.25, -0.2) is 4.98 Å². The van der Waals surface area contributed by atoms with Crippen molar-refractivity contribution < 1.29 is 15.0 Å². The smallest absolute Gasteiger partial charge is 0.280 e. The molecular formula is C11H18N4O+2. The van der Waals surface area contributed by atoms with Crippen molar-refractivity contribution in [2.24, 2.45) is 0 Å². The van der Waals surface area contributed by atoms with Crippen molar-refractivity contribution in [3.8, 4) is 0 Å². The molecule has 0 bridgehead atoms. The van der Waals surface area contributed by atoms with E-state index in [1.54, 1.807) is 12.3 Å². The first-order valence-electron chi connectivity index (χ1n) is 5.71. The average Bonchev–Trinajstić information content (AvgIpc) is 2.31. The van der Waals surface area contributed by atoms with E-state index >= 15 is 0 Å². The third-order valence-electron chi connectivity index (χ3n) is 2.75. The lowest BCUT2D eigenvalue weighted by Gasteiger charge is -2.21. The molecule has 2 heterocycles. The maximum atomic E-state index is 11.7. The zero-order chi connectivity index (χ0) is 11.2. The van der Waals surface area contributed by atoms with Crippen molar-refractivity contribution in [3.63, 3.8) is 0 Å². The molecule has 1 aromatic rings. The Morgan fingerprint density at radius 2 is 2.25 bits per heavy atom. The fourth-order valence-corrected chi connectivity index (χ4v) is 1.91. The second kappa shape index (κ2) is 5.58. The third-order valence-corrected chi connectivity index (χ3v) is 2.75. The fourth-order valence-electron chi connectivity index (χ4n) is 1.91. The van der Waals surface area contributed by atoms with E-state index in [0.717, 1.165) is 26.2 Å². The summed E-state index contributed by atoms with van der Waals surface area (Å²) in [4.78, 5) is 17.1. The molecule has 16 heavy (non-hydrogen) atoms. The van der Waals surface area contributed by atoms with Gasteiger partial charge in [0.05, 0.1) is 0 Å². The van der Waals surface area contributed by atoms with Gasteiger partial charge in [-0.1, -0.05) is 6.07 Å². The number of piperazine rings is 1. The van der Waals surface area contributed by atoms with Gasteiger partial charge in [-0.05, 0) is 12.1 Å². The minimum absolute atomic E-state index is 0.0515. The first-order chi connectivity index (χ1) is 7.84. The predicted molar refractivity (Wildman–Crippen MR) is 60.1 cm³/mol. The second-order valence-electron chi connectivity index (χ2n) is 4.06. The molecule has 1 amide bonds. The van der Waals surface area contributed by atoms with Gasteiger partial charge in [0.25, 0.3) is 5.91 Å². The molecular weight excluding hydrogens is 204 g/mol. The van der Waals surface area contributed by atoms with E-state index < -0.39 is 0 Å². The molecule has 0 unspecified atom stereocenters. The number of carbonyl (C=O) groups is 1. The van der Waals surface area contributed by atoms with Gasteiger partial charge in [0.2, 0.25) is 0 Å². The number of anilines is 1. The number of pyridine rings is 1. The van der Waals surface area contributed by atoms with Crippen LogP contribution < -0.4 is 15.5 Å². The molecule has 2 rings (SSSR count).